The fourth-order valence-corrected chi connectivity index (χ4v) is 2.36. The first-order valence-corrected chi connectivity index (χ1v) is 7.33. The Morgan fingerprint density at radius 1 is 1.27 bits per heavy atom. The number of hydrogen-bond acceptors (Lipinski definition) is 5. The van der Waals surface area contributed by atoms with Gasteiger partial charge in [-0.1, -0.05) is 30.3 Å². The van der Waals surface area contributed by atoms with Gasteiger partial charge in [-0.15, -0.1) is 0 Å². The molecule has 1 aromatic heterocycles. The lowest BCUT2D eigenvalue weighted by Crippen LogP contribution is -2.09. The molecule has 5 heteroatoms. The fourth-order valence-electron chi connectivity index (χ4n) is 2.36. The van der Waals surface area contributed by atoms with Gasteiger partial charge in [-0.25, -0.2) is 4.79 Å². The van der Waals surface area contributed by atoms with E-state index in [9.17, 15) is 4.79 Å². The quantitative estimate of drug-likeness (QED) is 0.763. The van der Waals surface area contributed by atoms with Crippen LogP contribution < -0.4 is 4.74 Å². The normalized spacial score (nSPS) is 10.5. The van der Waals surface area contributed by atoms with Crippen molar-refractivity contribution in [3.05, 3.63) is 46.3 Å². The molecule has 2 rings (SSSR count). The Balaban J connectivity index is 2.24. The van der Waals surface area contributed by atoms with E-state index in [0.717, 1.165) is 23.3 Å². The number of aryl methyl sites for hydroxylation is 3. The molecule has 0 amide bonds. The molecule has 0 saturated carbocycles. The van der Waals surface area contributed by atoms with Gasteiger partial charge < -0.3 is 14.0 Å². The summed E-state index contributed by atoms with van der Waals surface area (Å²) in [4.78, 5) is 12.0. The molecule has 1 heterocycles. The summed E-state index contributed by atoms with van der Waals surface area (Å²) in [6, 6.07) is 5.94. The molecule has 2 aromatic rings. The molecule has 0 aliphatic heterocycles. The second-order valence-electron chi connectivity index (χ2n) is 5.18. The largest absolute Gasteiger partial charge is 0.487 e. The maximum atomic E-state index is 12.0. The number of para-hydroxylation sites is 1. The highest BCUT2D eigenvalue weighted by Crippen LogP contribution is 2.25. The zero-order chi connectivity index (χ0) is 16.1. The number of methoxy groups -OCH3 is 1. The van der Waals surface area contributed by atoms with Crippen molar-refractivity contribution in [2.45, 2.75) is 40.2 Å². The standard InChI is InChI=1S/C17H21NO4/c1-5-7-14-15(17(19)20-4)13(18-22-14)10-21-16-11(2)8-6-9-12(16)3/h6,8-9H,5,7,10H2,1-4H3. The van der Waals surface area contributed by atoms with Crippen LogP contribution in [0.5, 0.6) is 5.75 Å². The Morgan fingerprint density at radius 2 is 1.95 bits per heavy atom. The minimum atomic E-state index is -0.440. The van der Waals surface area contributed by atoms with Crippen molar-refractivity contribution in [2.75, 3.05) is 7.11 Å². The minimum absolute atomic E-state index is 0.170. The third-order valence-corrected chi connectivity index (χ3v) is 3.46. The number of carbonyl (C=O) groups is 1. The molecule has 0 atom stereocenters. The number of nitrogens with zero attached hydrogens (tertiary/aromatic N) is 1. The Hall–Kier alpha value is -2.30. The number of carbonyl (C=O) groups excluding carboxylic acids is 1. The molecule has 0 bridgehead atoms. The molecule has 22 heavy (non-hydrogen) atoms. The Morgan fingerprint density at radius 3 is 2.55 bits per heavy atom. The average Bonchev–Trinajstić information content (AvgIpc) is 2.89. The highest BCUT2D eigenvalue weighted by molar-refractivity contribution is 5.91. The zero-order valence-electron chi connectivity index (χ0n) is 13.4. The van der Waals surface area contributed by atoms with E-state index in [4.69, 9.17) is 14.0 Å². The molecule has 0 saturated heterocycles. The van der Waals surface area contributed by atoms with Crippen molar-refractivity contribution in [1.82, 2.24) is 5.16 Å². The van der Waals surface area contributed by atoms with Crippen LogP contribution in [0.4, 0.5) is 0 Å². The van der Waals surface area contributed by atoms with E-state index >= 15 is 0 Å². The topological polar surface area (TPSA) is 61.6 Å². The molecule has 0 unspecified atom stereocenters. The second kappa shape index (κ2) is 7.11. The highest BCUT2D eigenvalue weighted by atomic mass is 16.5. The van der Waals surface area contributed by atoms with Crippen molar-refractivity contribution < 1.29 is 18.8 Å². The van der Waals surface area contributed by atoms with E-state index in [0.29, 0.717) is 23.4 Å². The van der Waals surface area contributed by atoms with Gasteiger partial charge in [-0.2, -0.15) is 0 Å². The Kier molecular flexibility index (Phi) is 5.20. The van der Waals surface area contributed by atoms with Gasteiger partial charge in [0.05, 0.1) is 7.11 Å². The molecule has 0 aliphatic carbocycles. The van der Waals surface area contributed by atoms with Gasteiger partial charge >= 0.3 is 5.97 Å². The molecular weight excluding hydrogens is 282 g/mol. The summed E-state index contributed by atoms with van der Waals surface area (Å²) in [6.45, 7) is 6.14. The number of ether oxygens (including phenoxy) is 2. The summed E-state index contributed by atoms with van der Waals surface area (Å²) in [5.41, 5.74) is 2.93. The lowest BCUT2D eigenvalue weighted by molar-refractivity contribution is 0.0595. The van der Waals surface area contributed by atoms with Gasteiger partial charge in [0.15, 0.2) is 5.76 Å². The minimum Gasteiger partial charge on any atom is -0.487 e. The van der Waals surface area contributed by atoms with Crippen LogP contribution in [-0.4, -0.2) is 18.2 Å². The third-order valence-electron chi connectivity index (χ3n) is 3.46. The molecule has 0 spiro atoms. The highest BCUT2D eigenvalue weighted by Gasteiger charge is 2.23. The lowest BCUT2D eigenvalue weighted by Gasteiger charge is -2.11. The lowest BCUT2D eigenvalue weighted by atomic mass is 10.1. The Labute approximate surface area is 130 Å². The van der Waals surface area contributed by atoms with Crippen LogP contribution in [-0.2, 0) is 17.8 Å². The van der Waals surface area contributed by atoms with E-state index in [1.165, 1.54) is 7.11 Å². The van der Waals surface area contributed by atoms with Crippen LogP contribution in [0, 0.1) is 13.8 Å². The van der Waals surface area contributed by atoms with Gasteiger partial charge in [0, 0.05) is 6.42 Å². The summed E-state index contributed by atoms with van der Waals surface area (Å²) < 4.78 is 16.0. The van der Waals surface area contributed by atoms with Crippen LogP contribution >= 0.6 is 0 Å². The first-order chi connectivity index (χ1) is 10.6. The van der Waals surface area contributed by atoms with E-state index in [-0.39, 0.29) is 6.61 Å². The van der Waals surface area contributed by atoms with Crippen molar-refractivity contribution in [3.8, 4) is 5.75 Å². The average molecular weight is 303 g/mol. The fraction of sp³-hybridized carbons (Fsp3) is 0.412. The monoisotopic (exact) mass is 303 g/mol. The SMILES string of the molecule is CCCc1onc(COc2c(C)cccc2C)c1C(=O)OC. The van der Waals surface area contributed by atoms with Gasteiger partial charge in [-0.05, 0) is 31.4 Å². The molecular formula is C17H21NO4. The van der Waals surface area contributed by atoms with E-state index < -0.39 is 5.97 Å². The summed E-state index contributed by atoms with van der Waals surface area (Å²) >= 11 is 0. The number of rotatable bonds is 6. The maximum Gasteiger partial charge on any atom is 0.343 e. The smallest absolute Gasteiger partial charge is 0.343 e. The van der Waals surface area contributed by atoms with Gasteiger partial charge in [-0.3, -0.25) is 0 Å². The molecule has 0 fully saturated rings. The van der Waals surface area contributed by atoms with E-state index in [2.05, 4.69) is 5.16 Å². The second-order valence-corrected chi connectivity index (χ2v) is 5.18. The summed E-state index contributed by atoms with van der Waals surface area (Å²) in [5, 5.41) is 3.98. The van der Waals surface area contributed by atoms with Crippen LogP contribution in [0.2, 0.25) is 0 Å². The maximum absolute atomic E-state index is 12.0. The van der Waals surface area contributed by atoms with Crippen LogP contribution in [0.15, 0.2) is 22.7 Å². The van der Waals surface area contributed by atoms with Gasteiger partial charge in [0.25, 0.3) is 0 Å². The van der Waals surface area contributed by atoms with Crippen molar-refractivity contribution in [2.24, 2.45) is 0 Å². The van der Waals surface area contributed by atoms with Gasteiger partial charge in [0.2, 0.25) is 0 Å². The van der Waals surface area contributed by atoms with Crippen molar-refractivity contribution in [3.63, 3.8) is 0 Å². The molecule has 1 aromatic carbocycles. The summed E-state index contributed by atoms with van der Waals surface area (Å²) in [6.07, 6.45) is 1.50. The number of esters is 1. The summed E-state index contributed by atoms with van der Waals surface area (Å²) in [7, 11) is 1.35. The predicted octanol–water partition coefficient (Wildman–Crippen LogP) is 3.61. The van der Waals surface area contributed by atoms with Crippen molar-refractivity contribution in [1.29, 1.82) is 0 Å². The molecule has 5 nitrogen and oxygen atoms in total. The molecule has 0 aliphatic rings. The molecule has 0 N–H and O–H groups in total. The number of benzene rings is 1. The predicted molar refractivity (Wildman–Crippen MR) is 82.1 cm³/mol. The molecule has 0 radical (unpaired) electrons. The van der Waals surface area contributed by atoms with Gasteiger partial charge in [0.1, 0.15) is 23.6 Å². The van der Waals surface area contributed by atoms with Crippen LogP contribution in [0.3, 0.4) is 0 Å². The first-order valence-electron chi connectivity index (χ1n) is 7.33. The van der Waals surface area contributed by atoms with Crippen LogP contribution in [0.1, 0.15) is 46.3 Å². The third kappa shape index (κ3) is 3.30. The zero-order valence-corrected chi connectivity index (χ0v) is 13.4. The Bertz CT molecular complexity index is 640. The number of hydrogen-bond donors (Lipinski definition) is 0. The number of aromatic nitrogens is 1. The first kappa shape index (κ1) is 16.1. The van der Waals surface area contributed by atoms with E-state index in [1.807, 2.05) is 39.0 Å². The van der Waals surface area contributed by atoms with Crippen molar-refractivity contribution >= 4 is 5.97 Å². The van der Waals surface area contributed by atoms with E-state index in [1.54, 1.807) is 0 Å². The van der Waals surface area contributed by atoms with Crippen LogP contribution in [0.25, 0.3) is 0 Å². The molecule has 118 valence electrons. The summed E-state index contributed by atoms with van der Waals surface area (Å²) in [5.74, 6) is 0.914.